The van der Waals surface area contributed by atoms with Crippen LogP contribution >= 0.6 is 0 Å². The highest BCUT2D eigenvalue weighted by molar-refractivity contribution is 5.95. The van der Waals surface area contributed by atoms with Gasteiger partial charge in [-0.05, 0) is 5.92 Å². The number of carboxylic acid groups (broad SMARTS) is 2. The van der Waals surface area contributed by atoms with Crippen molar-refractivity contribution in [2.24, 2.45) is 17.4 Å². The van der Waals surface area contributed by atoms with Gasteiger partial charge in [-0.3, -0.25) is 24.0 Å². The van der Waals surface area contributed by atoms with E-state index in [2.05, 4.69) is 16.0 Å². The Morgan fingerprint density at radius 3 is 1.84 bits per heavy atom. The van der Waals surface area contributed by atoms with Crippen LogP contribution in [-0.4, -0.2) is 81.7 Å². The van der Waals surface area contributed by atoms with E-state index < -0.39 is 85.1 Å². The Balaban J connectivity index is 5.35. The number of carboxylic acids is 2. The molecule has 0 saturated carbocycles. The lowest BCUT2D eigenvalue weighted by atomic mass is 9.97. The van der Waals surface area contributed by atoms with Crippen LogP contribution in [-0.2, 0) is 28.8 Å². The maximum atomic E-state index is 12.6. The highest BCUT2D eigenvalue weighted by Crippen LogP contribution is 2.09. The smallest absolute Gasteiger partial charge is 0.326 e. The highest BCUT2D eigenvalue weighted by atomic mass is 16.4. The second-order valence-electron chi connectivity index (χ2n) is 6.89. The summed E-state index contributed by atoms with van der Waals surface area (Å²) in [5, 5.41) is 33.7. The number of nitrogens with one attached hydrogen (secondary N) is 3. The molecule has 0 saturated heterocycles. The number of carbonyl (C=O) groups excluding carboxylic acids is 4. The number of aliphatic hydroxyl groups is 1. The van der Waals surface area contributed by atoms with Crippen molar-refractivity contribution in [2.45, 2.75) is 57.3 Å². The number of nitrogens with two attached hydrogens (primary N) is 2. The van der Waals surface area contributed by atoms with E-state index in [1.54, 1.807) is 13.8 Å². The average molecular weight is 447 g/mol. The Hall–Kier alpha value is -3.26. The van der Waals surface area contributed by atoms with E-state index >= 15 is 0 Å². The maximum Gasteiger partial charge on any atom is 0.326 e. The monoisotopic (exact) mass is 447 g/mol. The predicted molar refractivity (Wildman–Crippen MR) is 104 cm³/mol. The highest BCUT2D eigenvalue weighted by Gasteiger charge is 2.33. The van der Waals surface area contributed by atoms with Crippen LogP contribution < -0.4 is 27.4 Å². The Morgan fingerprint density at radius 2 is 1.42 bits per heavy atom. The number of aliphatic hydroxyl groups excluding tert-OH is 1. The first kappa shape index (κ1) is 27.7. The first-order chi connectivity index (χ1) is 14.3. The SMILES string of the molecule is CCC(C)C(NC(=O)C(CO)NC(=O)C(N)CC(=O)O)C(=O)NC(CC(N)=O)C(=O)O. The van der Waals surface area contributed by atoms with Crippen molar-refractivity contribution in [1.82, 2.24) is 16.0 Å². The molecule has 0 aliphatic carbocycles. The van der Waals surface area contributed by atoms with Gasteiger partial charge in [-0.2, -0.15) is 0 Å². The summed E-state index contributed by atoms with van der Waals surface area (Å²) in [6.07, 6.45) is -0.996. The molecule has 0 aliphatic rings. The van der Waals surface area contributed by atoms with E-state index in [0.29, 0.717) is 6.42 Å². The zero-order valence-electron chi connectivity index (χ0n) is 17.2. The molecule has 0 bridgehead atoms. The maximum absolute atomic E-state index is 12.6. The molecular weight excluding hydrogens is 418 g/mol. The molecule has 4 amide bonds. The van der Waals surface area contributed by atoms with Crippen LogP contribution in [0.3, 0.4) is 0 Å². The topological polar surface area (TPSA) is 251 Å². The van der Waals surface area contributed by atoms with Gasteiger partial charge in [-0.1, -0.05) is 20.3 Å². The Labute approximate surface area is 177 Å². The minimum atomic E-state index is -1.61. The summed E-state index contributed by atoms with van der Waals surface area (Å²) in [6, 6.07) is -5.91. The quantitative estimate of drug-likeness (QED) is 0.129. The van der Waals surface area contributed by atoms with E-state index in [9.17, 15) is 33.9 Å². The summed E-state index contributed by atoms with van der Waals surface area (Å²) in [4.78, 5) is 69.8. The predicted octanol–water partition coefficient (Wildman–Crippen LogP) is -3.76. The minimum absolute atomic E-state index is 0.381. The Morgan fingerprint density at radius 1 is 0.871 bits per heavy atom. The molecule has 0 aromatic rings. The fraction of sp³-hybridized carbons (Fsp3) is 0.647. The molecule has 0 aromatic heterocycles. The summed E-state index contributed by atoms with van der Waals surface area (Å²) in [5.41, 5.74) is 10.4. The summed E-state index contributed by atoms with van der Waals surface area (Å²) in [6.45, 7) is 2.40. The van der Waals surface area contributed by atoms with Crippen molar-refractivity contribution in [3.63, 3.8) is 0 Å². The number of hydrogen-bond acceptors (Lipinski definition) is 8. The molecule has 5 atom stereocenters. The van der Waals surface area contributed by atoms with Crippen molar-refractivity contribution < 1.29 is 44.1 Å². The molecule has 5 unspecified atom stereocenters. The van der Waals surface area contributed by atoms with Crippen LogP contribution in [0.25, 0.3) is 0 Å². The van der Waals surface area contributed by atoms with Crippen molar-refractivity contribution in [3.8, 4) is 0 Å². The van der Waals surface area contributed by atoms with Gasteiger partial charge in [0, 0.05) is 0 Å². The van der Waals surface area contributed by atoms with Crippen LogP contribution in [0.2, 0.25) is 0 Å². The number of amides is 4. The molecule has 0 aromatic carbocycles. The zero-order chi connectivity index (χ0) is 24.3. The number of aliphatic carboxylic acids is 2. The van der Waals surface area contributed by atoms with Crippen LogP contribution in [0.15, 0.2) is 0 Å². The second kappa shape index (κ2) is 13.1. The van der Waals surface area contributed by atoms with Crippen LogP contribution in [0, 0.1) is 5.92 Å². The molecule has 0 rings (SSSR count). The summed E-state index contributed by atoms with van der Waals surface area (Å²) >= 11 is 0. The van der Waals surface area contributed by atoms with Crippen molar-refractivity contribution in [1.29, 1.82) is 0 Å². The first-order valence-corrected chi connectivity index (χ1v) is 9.34. The van der Waals surface area contributed by atoms with Gasteiger partial charge in [0.25, 0.3) is 0 Å². The molecule has 10 N–H and O–H groups in total. The van der Waals surface area contributed by atoms with Gasteiger partial charge in [-0.15, -0.1) is 0 Å². The van der Waals surface area contributed by atoms with Crippen molar-refractivity contribution in [2.75, 3.05) is 6.61 Å². The molecule has 14 heteroatoms. The average Bonchev–Trinajstić information content (AvgIpc) is 2.67. The van der Waals surface area contributed by atoms with Gasteiger partial charge in [0.2, 0.25) is 23.6 Å². The molecule has 0 radical (unpaired) electrons. The van der Waals surface area contributed by atoms with Crippen molar-refractivity contribution >= 4 is 35.6 Å². The minimum Gasteiger partial charge on any atom is -0.481 e. The van der Waals surface area contributed by atoms with Gasteiger partial charge < -0.3 is 42.7 Å². The molecule has 31 heavy (non-hydrogen) atoms. The van der Waals surface area contributed by atoms with Crippen LogP contribution in [0.5, 0.6) is 0 Å². The molecule has 14 nitrogen and oxygen atoms in total. The van der Waals surface area contributed by atoms with Gasteiger partial charge in [0.15, 0.2) is 0 Å². The Bertz CT molecular complexity index is 699. The first-order valence-electron chi connectivity index (χ1n) is 9.34. The largest absolute Gasteiger partial charge is 0.481 e. The van der Waals surface area contributed by atoms with Gasteiger partial charge in [0.05, 0.1) is 25.5 Å². The number of carbonyl (C=O) groups is 6. The summed E-state index contributed by atoms with van der Waals surface area (Å²) in [7, 11) is 0. The molecular formula is C17H29N5O9. The van der Waals surface area contributed by atoms with Gasteiger partial charge >= 0.3 is 11.9 Å². The summed E-state index contributed by atoms with van der Waals surface area (Å²) in [5.74, 6) is -7.22. The Kier molecular flexibility index (Phi) is 11.7. The van der Waals surface area contributed by atoms with Crippen LogP contribution in [0.1, 0.15) is 33.1 Å². The van der Waals surface area contributed by atoms with E-state index in [1.165, 1.54) is 0 Å². The van der Waals surface area contributed by atoms with Gasteiger partial charge in [-0.25, -0.2) is 4.79 Å². The molecule has 0 aliphatic heterocycles. The molecule has 0 heterocycles. The lowest BCUT2D eigenvalue weighted by molar-refractivity contribution is -0.144. The fourth-order valence-corrected chi connectivity index (χ4v) is 2.37. The lowest BCUT2D eigenvalue weighted by Crippen LogP contribution is -2.59. The fourth-order valence-electron chi connectivity index (χ4n) is 2.37. The van der Waals surface area contributed by atoms with Crippen molar-refractivity contribution in [3.05, 3.63) is 0 Å². The molecule has 0 spiro atoms. The van der Waals surface area contributed by atoms with Crippen LogP contribution in [0.4, 0.5) is 0 Å². The third-order valence-electron chi connectivity index (χ3n) is 4.36. The number of primary amides is 1. The molecule has 0 fully saturated rings. The normalized spacial score (nSPS) is 15.5. The standard InChI is InChI=1S/C17H29N5O9/c1-3-7(2)13(16(29)20-9(17(30)31)5-11(19)24)22-15(28)10(6-23)21-14(27)8(18)4-12(25)26/h7-10,13,23H,3-6,18H2,1-2H3,(H2,19,24)(H,20,29)(H,21,27)(H,22,28)(H,25,26)(H,30,31). The molecule has 176 valence electrons. The second-order valence-corrected chi connectivity index (χ2v) is 6.89. The summed E-state index contributed by atoms with van der Waals surface area (Å²) < 4.78 is 0. The van der Waals surface area contributed by atoms with E-state index in [-0.39, 0.29) is 0 Å². The third kappa shape index (κ3) is 9.86. The number of hydrogen-bond donors (Lipinski definition) is 8. The van der Waals surface area contributed by atoms with E-state index in [4.69, 9.17) is 21.7 Å². The van der Waals surface area contributed by atoms with E-state index in [1.807, 2.05) is 0 Å². The number of rotatable bonds is 14. The van der Waals surface area contributed by atoms with Gasteiger partial charge in [0.1, 0.15) is 18.1 Å². The third-order valence-corrected chi connectivity index (χ3v) is 4.36. The zero-order valence-corrected chi connectivity index (χ0v) is 17.2. The van der Waals surface area contributed by atoms with E-state index in [0.717, 1.165) is 0 Å². The lowest BCUT2D eigenvalue weighted by Gasteiger charge is -2.27.